The minimum Gasteiger partial charge on any atom is -0.478 e. The molecular weight excluding hydrogens is 264 g/mol. The van der Waals surface area contributed by atoms with Gasteiger partial charge in [0.2, 0.25) is 0 Å². The van der Waals surface area contributed by atoms with Gasteiger partial charge in [-0.3, -0.25) is 10.1 Å². The molecule has 0 saturated carbocycles. The number of rotatable bonds is 5. The quantitative estimate of drug-likeness (QED) is 0.500. The SMILES string of the molecule is O=C(O)/C=C/c1cn(Cc2cccc([N+](=O)[O-])c2)nn1. The molecule has 0 bridgehead atoms. The lowest BCUT2D eigenvalue weighted by atomic mass is 10.2. The summed E-state index contributed by atoms with van der Waals surface area (Å²) in [7, 11) is 0. The molecule has 1 heterocycles. The van der Waals surface area contributed by atoms with E-state index in [1.165, 1.54) is 22.9 Å². The number of non-ortho nitro benzene ring substituents is 1. The third-order valence-corrected chi connectivity index (χ3v) is 2.42. The molecule has 0 radical (unpaired) electrons. The van der Waals surface area contributed by atoms with Crippen LogP contribution in [0.5, 0.6) is 0 Å². The van der Waals surface area contributed by atoms with E-state index in [2.05, 4.69) is 10.3 Å². The molecule has 0 amide bonds. The number of carboxylic acid groups (broad SMARTS) is 1. The first-order valence-corrected chi connectivity index (χ1v) is 5.59. The summed E-state index contributed by atoms with van der Waals surface area (Å²) in [6.07, 6.45) is 3.83. The predicted molar refractivity (Wildman–Crippen MR) is 68.9 cm³/mol. The first-order chi connectivity index (χ1) is 9.54. The Kier molecular flexibility index (Phi) is 3.85. The van der Waals surface area contributed by atoms with E-state index in [1.807, 2.05) is 0 Å². The Morgan fingerprint density at radius 2 is 2.30 bits per heavy atom. The molecule has 0 saturated heterocycles. The molecule has 2 rings (SSSR count). The molecule has 0 fully saturated rings. The van der Waals surface area contributed by atoms with Crippen molar-refractivity contribution in [2.24, 2.45) is 0 Å². The van der Waals surface area contributed by atoms with Crippen LogP contribution in [-0.2, 0) is 11.3 Å². The summed E-state index contributed by atoms with van der Waals surface area (Å²) in [6.45, 7) is 0.315. The van der Waals surface area contributed by atoms with Gasteiger partial charge in [0.25, 0.3) is 5.69 Å². The zero-order valence-corrected chi connectivity index (χ0v) is 10.2. The summed E-state index contributed by atoms with van der Waals surface area (Å²) in [5, 5.41) is 26.7. The van der Waals surface area contributed by atoms with E-state index in [4.69, 9.17) is 5.11 Å². The smallest absolute Gasteiger partial charge is 0.328 e. The molecule has 0 unspecified atom stereocenters. The van der Waals surface area contributed by atoms with Gasteiger partial charge in [-0.25, -0.2) is 9.48 Å². The van der Waals surface area contributed by atoms with Crippen LogP contribution in [0.3, 0.4) is 0 Å². The number of aliphatic carboxylic acids is 1. The van der Waals surface area contributed by atoms with Crippen molar-refractivity contribution in [1.82, 2.24) is 15.0 Å². The highest BCUT2D eigenvalue weighted by atomic mass is 16.6. The molecule has 1 N–H and O–H groups in total. The zero-order chi connectivity index (χ0) is 14.5. The van der Waals surface area contributed by atoms with Crippen molar-refractivity contribution in [1.29, 1.82) is 0 Å². The fraction of sp³-hybridized carbons (Fsp3) is 0.0833. The number of carbonyl (C=O) groups is 1. The van der Waals surface area contributed by atoms with Crippen LogP contribution in [0.15, 0.2) is 36.5 Å². The lowest BCUT2D eigenvalue weighted by Crippen LogP contribution is -2.01. The summed E-state index contributed by atoms with van der Waals surface area (Å²) in [6, 6.07) is 6.19. The summed E-state index contributed by atoms with van der Waals surface area (Å²) in [5.74, 6) is -1.07. The maximum Gasteiger partial charge on any atom is 0.328 e. The Hall–Kier alpha value is -3.03. The highest BCUT2D eigenvalue weighted by Gasteiger charge is 2.06. The Labute approximate surface area is 113 Å². The summed E-state index contributed by atoms with van der Waals surface area (Å²) in [5.41, 5.74) is 1.12. The molecule has 20 heavy (non-hydrogen) atoms. The molecule has 0 atom stereocenters. The maximum absolute atomic E-state index is 10.7. The average molecular weight is 274 g/mol. The van der Waals surface area contributed by atoms with Gasteiger partial charge in [-0.05, 0) is 11.6 Å². The van der Waals surface area contributed by atoms with Crippen molar-refractivity contribution >= 4 is 17.7 Å². The minimum absolute atomic E-state index is 0.00797. The van der Waals surface area contributed by atoms with Gasteiger partial charge in [0.1, 0.15) is 5.69 Å². The van der Waals surface area contributed by atoms with E-state index in [9.17, 15) is 14.9 Å². The largest absolute Gasteiger partial charge is 0.478 e. The molecule has 102 valence electrons. The molecule has 0 aliphatic carbocycles. The summed E-state index contributed by atoms with van der Waals surface area (Å²) >= 11 is 0. The van der Waals surface area contributed by atoms with Gasteiger partial charge in [0.15, 0.2) is 0 Å². The molecule has 2 aromatic rings. The number of hydrogen-bond donors (Lipinski definition) is 1. The number of nitro benzene ring substituents is 1. The highest BCUT2D eigenvalue weighted by Crippen LogP contribution is 2.13. The lowest BCUT2D eigenvalue weighted by Gasteiger charge is -2.00. The number of nitrogens with zero attached hydrogens (tertiary/aromatic N) is 4. The third-order valence-electron chi connectivity index (χ3n) is 2.42. The van der Waals surface area contributed by atoms with E-state index in [-0.39, 0.29) is 5.69 Å². The second-order valence-corrected chi connectivity index (χ2v) is 3.94. The van der Waals surface area contributed by atoms with E-state index < -0.39 is 10.9 Å². The third kappa shape index (κ3) is 3.48. The van der Waals surface area contributed by atoms with Crippen LogP contribution in [0.4, 0.5) is 5.69 Å². The minimum atomic E-state index is -1.07. The van der Waals surface area contributed by atoms with E-state index in [0.29, 0.717) is 17.8 Å². The summed E-state index contributed by atoms with van der Waals surface area (Å²) in [4.78, 5) is 20.6. The van der Waals surface area contributed by atoms with Gasteiger partial charge in [0.05, 0.1) is 17.7 Å². The predicted octanol–water partition coefficient (Wildman–Crippen LogP) is 1.33. The van der Waals surface area contributed by atoms with Gasteiger partial charge in [0, 0.05) is 18.2 Å². The van der Waals surface area contributed by atoms with Crippen LogP contribution in [0, 0.1) is 10.1 Å². The summed E-state index contributed by atoms with van der Waals surface area (Å²) < 4.78 is 1.47. The number of carboxylic acids is 1. The van der Waals surface area contributed by atoms with Crippen LogP contribution >= 0.6 is 0 Å². The van der Waals surface area contributed by atoms with Crippen LogP contribution in [0.2, 0.25) is 0 Å². The lowest BCUT2D eigenvalue weighted by molar-refractivity contribution is -0.384. The Balaban J connectivity index is 2.12. The van der Waals surface area contributed by atoms with Crippen LogP contribution < -0.4 is 0 Å². The van der Waals surface area contributed by atoms with E-state index in [1.54, 1.807) is 18.3 Å². The van der Waals surface area contributed by atoms with Crippen molar-refractivity contribution in [3.63, 3.8) is 0 Å². The van der Waals surface area contributed by atoms with Crippen LogP contribution in [0.25, 0.3) is 6.08 Å². The van der Waals surface area contributed by atoms with Crippen molar-refractivity contribution in [3.8, 4) is 0 Å². The Bertz CT molecular complexity index is 678. The van der Waals surface area contributed by atoms with E-state index >= 15 is 0 Å². The normalized spacial score (nSPS) is 10.8. The number of aromatic nitrogens is 3. The molecule has 0 aliphatic rings. The molecule has 0 aliphatic heterocycles. The van der Waals surface area contributed by atoms with Crippen molar-refractivity contribution in [3.05, 3.63) is 57.9 Å². The van der Waals surface area contributed by atoms with E-state index in [0.717, 1.165) is 6.08 Å². The average Bonchev–Trinajstić information content (AvgIpc) is 2.84. The zero-order valence-electron chi connectivity index (χ0n) is 10.2. The van der Waals surface area contributed by atoms with Gasteiger partial charge >= 0.3 is 5.97 Å². The Morgan fingerprint density at radius 3 is 3.00 bits per heavy atom. The highest BCUT2D eigenvalue weighted by molar-refractivity contribution is 5.84. The second-order valence-electron chi connectivity index (χ2n) is 3.94. The number of nitro groups is 1. The second kappa shape index (κ2) is 5.74. The standard InChI is InChI=1S/C12H10N4O4/c17-12(18)5-4-10-8-15(14-13-10)7-9-2-1-3-11(6-9)16(19)20/h1-6,8H,7H2,(H,17,18)/b5-4+. The topological polar surface area (TPSA) is 111 Å². The number of hydrogen-bond acceptors (Lipinski definition) is 5. The van der Waals surface area contributed by atoms with Crippen LogP contribution in [-0.4, -0.2) is 31.0 Å². The molecule has 0 spiro atoms. The molecule has 1 aromatic heterocycles. The van der Waals surface area contributed by atoms with Gasteiger partial charge in [-0.2, -0.15) is 0 Å². The van der Waals surface area contributed by atoms with Gasteiger partial charge < -0.3 is 5.11 Å². The van der Waals surface area contributed by atoms with Gasteiger partial charge in [-0.1, -0.05) is 17.3 Å². The Morgan fingerprint density at radius 1 is 1.50 bits per heavy atom. The number of benzene rings is 1. The fourth-order valence-corrected chi connectivity index (χ4v) is 1.58. The van der Waals surface area contributed by atoms with Crippen molar-refractivity contribution < 1.29 is 14.8 Å². The molecular formula is C12H10N4O4. The van der Waals surface area contributed by atoms with Gasteiger partial charge in [-0.15, -0.1) is 5.10 Å². The van der Waals surface area contributed by atoms with Crippen molar-refractivity contribution in [2.75, 3.05) is 0 Å². The maximum atomic E-state index is 10.7. The van der Waals surface area contributed by atoms with Crippen LogP contribution in [0.1, 0.15) is 11.3 Å². The molecule has 1 aromatic carbocycles. The molecule has 8 heteroatoms. The van der Waals surface area contributed by atoms with Crippen molar-refractivity contribution in [2.45, 2.75) is 6.54 Å². The first kappa shape index (κ1) is 13.4. The fourth-order valence-electron chi connectivity index (χ4n) is 1.58. The molecule has 8 nitrogen and oxygen atoms in total. The monoisotopic (exact) mass is 274 g/mol. The first-order valence-electron chi connectivity index (χ1n) is 5.59.